The minimum atomic E-state index is -0.0355. The number of fused-ring (bicyclic) bond motifs is 1. The number of amides is 1. The lowest BCUT2D eigenvalue weighted by Crippen LogP contribution is -2.12. The number of thiophene rings is 1. The lowest BCUT2D eigenvalue weighted by Gasteiger charge is -2.06. The molecule has 1 heterocycles. The molecule has 0 unspecified atom stereocenters. The van der Waals surface area contributed by atoms with Crippen molar-refractivity contribution in [1.82, 2.24) is 5.32 Å². The Balaban J connectivity index is 1.49. The summed E-state index contributed by atoms with van der Waals surface area (Å²) in [4.78, 5) is 14.0. The zero-order valence-corrected chi connectivity index (χ0v) is 13.1. The largest absolute Gasteiger partial charge is 0.326 e. The molecule has 3 rings (SSSR count). The maximum Gasteiger partial charge on any atom is 0.221 e. The molecule has 1 aromatic heterocycles. The first kappa shape index (κ1) is 14.3. The Labute approximate surface area is 129 Å². The zero-order valence-electron chi connectivity index (χ0n) is 12.2. The molecule has 1 aliphatic rings. The van der Waals surface area contributed by atoms with E-state index in [9.17, 15) is 4.79 Å². The highest BCUT2D eigenvalue weighted by Crippen LogP contribution is 2.30. The van der Waals surface area contributed by atoms with Crippen molar-refractivity contribution in [2.45, 2.75) is 39.3 Å². The van der Waals surface area contributed by atoms with Gasteiger partial charge in [-0.05, 0) is 48.6 Å². The second-order valence-electron chi connectivity index (χ2n) is 5.50. The Morgan fingerprint density at radius 3 is 2.71 bits per heavy atom. The average Bonchev–Trinajstić information content (AvgIpc) is 3.01. The van der Waals surface area contributed by atoms with Gasteiger partial charge in [-0.2, -0.15) is 0 Å². The molecule has 0 fully saturated rings. The highest BCUT2D eigenvalue weighted by atomic mass is 32.1. The molecule has 0 aliphatic heterocycles. The van der Waals surface area contributed by atoms with Crippen molar-refractivity contribution in [3.8, 4) is 0 Å². The summed E-state index contributed by atoms with van der Waals surface area (Å²) in [6.45, 7) is 3.31. The SMILES string of the molecule is CC(=O)Nc1ccc(CNCc2cc3c(s2)CCC3)cc1. The fourth-order valence-electron chi connectivity index (χ4n) is 2.72. The number of hydrogen-bond donors (Lipinski definition) is 2. The van der Waals surface area contributed by atoms with Gasteiger partial charge in [0.05, 0.1) is 0 Å². The van der Waals surface area contributed by atoms with E-state index in [2.05, 4.69) is 16.7 Å². The Kier molecular flexibility index (Phi) is 4.36. The summed E-state index contributed by atoms with van der Waals surface area (Å²) in [5.41, 5.74) is 3.64. The minimum absolute atomic E-state index is 0.0355. The lowest BCUT2D eigenvalue weighted by molar-refractivity contribution is -0.114. The van der Waals surface area contributed by atoms with Crippen molar-refractivity contribution in [2.24, 2.45) is 0 Å². The molecule has 3 nitrogen and oxygen atoms in total. The fourth-order valence-corrected chi connectivity index (χ4v) is 3.95. The summed E-state index contributed by atoms with van der Waals surface area (Å²) >= 11 is 1.96. The molecule has 1 aromatic carbocycles. The molecule has 2 aromatic rings. The van der Waals surface area contributed by atoms with Crippen molar-refractivity contribution in [1.29, 1.82) is 0 Å². The molecule has 21 heavy (non-hydrogen) atoms. The standard InChI is InChI=1S/C17H20N2OS/c1-12(20)19-15-7-5-13(6-8-15)10-18-11-16-9-14-3-2-4-17(14)21-16/h5-9,18H,2-4,10-11H2,1H3,(H,19,20). The van der Waals surface area contributed by atoms with Gasteiger partial charge in [-0.15, -0.1) is 11.3 Å². The van der Waals surface area contributed by atoms with E-state index >= 15 is 0 Å². The van der Waals surface area contributed by atoms with Gasteiger partial charge in [0.1, 0.15) is 0 Å². The van der Waals surface area contributed by atoms with E-state index in [0.717, 1.165) is 18.8 Å². The monoisotopic (exact) mass is 300 g/mol. The Morgan fingerprint density at radius 1 is 1.19 bits per heavy atom. The van der Waals surface area contributed by atoms with Crippen LogP contribution in [0.4, 0.5) is 5.69 Å². The van der Waals surface area contributed by atoms with Gasteiger partial charge in [0.25, 0.3) is 0 Å². The van der Waals surface area contributed by atoms with Gasteiger partial charge in [0.15, 0.2) is 0 Å². The van der Waals surface area contributed by atoms with Crippen LogP contribution in [-0.4, -0.2) is 5.91 Å². The van der Waals surface area contributed by atoms with Gasteiger partial charge < -0.3 is 10.6 Å². The quantitative estimate of drug-likeness (QED) is 0.887. The van der Waals surface area contributed by atoms with Gasteiger partial charge in [-0.3, -0.25) is 4.79 Å². The van der Waals surface area contributed by atoms with Crippen molar-refractivity contribution in [2.75, 3.05) is 5.32 Å². The molecule has 0 saturated heterocycles. The van der Waals surface area contributed by atoms with Crippen LogP contribution in [0.5, 0.6) is 0 Å². The van der Waals surface area contributed by atoms with Crippen LogP contribution < -0.4 is 10.6 Å². The maximum absolute atomic E-state index is 11.0. The molecule has 4 heteroatoms. The van der Waals surface area contributed by atoms with E-state index in [1.54, 1.807) is 10.4 Å². The highest BCUT2D eigenvalue weighted by molar-refractivity contribution is 7.12. The second-order valence-corrected chi connectivity index (χ2v) is 6.72. The summed E-state index contributed by atoms with van der Waals surface area (Å²) in [5.74, 6) is -0.0355. The maximum atomic E-state index is 11.0. The van der Waals surface area contributed by atoms with E-state index < -0.39 is 0 Å². The Morgan fingerprint density at radius 2 is 2.00 bits per heavy atom. The third-order valence-electron chi connectivity index (χ3n) is 3.70. The molecular formula is C17H20N2OS. The van der Waals surface area contributed by atoms with Crippen LogP contribution in [0.3, 0.4) is 0 Å². The van der Waals surface area contributed by atoms with Crippen LogP contribution in [0, 0.1) is 0 Å². The highest BCUT2D eigenvalue weighted by Gasteiger charge is 2.14. The summed E-state index contributed by atoms with van der Waals surface area (Å²) < 4.78 is 0. The van der Waals surface area contributed by atoms with Crippen molar-refractivity contribution < 1.29 is 4.79 Å². The summed E-state index contributed by atoms with van der Waals surface area (Å²) in [5, 5.41) is 6.27. The number of carbonyl (C=O) groups excluding carboxylic acids is 1. The topological polar surface area (TPSA) is 41.1 Å². The second kappa shape index (κ2) is 6.41. The summed E-state index contributed by atoms with van der Waals surface area (Å²) in [6, 6.07) is 10.3. The fraction of sp³-hybridized carbons (Fsp3) is 0.353. The first-order valence-electron chi connectivity index (χ1n) is 7.38. The predicted molar refractivity (Wildman–Crippen MR) is 87.6 cm³/mol. The molecule has 110 valence electrons. The number of hydrogen-bond acceptors (Lipinski definition) is 3. The van der Waals surface area contributed by atoms with Gasteiger partial charge in [-0.1, -0.05) is 12.1 Å². The number of anilines is 1. The molecule has 0 bridgehead atoms. The predicted octanol–water partition coefficient (Wildman–Crippen LogP) is 3.49. The summed E-state index contributed by atoms with van der Waals surface area (Å²) in [6.07, 6.45) is 3.86. The smallest absolute Gasteiger partial charge is 0.221 e. The van der Waals surface area contributed by atoms with Crippen molar-refractivity contribution >= 4 is 22.9 Å². The van der Waals surface area contributed by atoms with Gasteiger partial charge in [0.2, 0.25) is 5.91 Å². The van der Waals surface area contributed by atoms with E-state index in [0.29, 0.717) is 0 Å². The van der Waals surface area contributed by atoms with Gasteiger partial charge >= 0.3 is 0 Å². The minimum Gasteiger partial charge on any atom is -0.326 e. The third kappa shape index (κ3) is 3.71. The van der Waals surface area contributed by atoms with Crippen LogP contribution in [0.1, 0.15) is 34.2 Å². The van der Waals surface area contributed by atoms with E-state index in [1.807, 2.05) is 35.6 Å². The number of benzene rings is 1. The molecule has 0 radical (unpaired) electrons. The van der Waals surface area contributed by atoms with Crippen LogP contribution in [0.2, 0.25) is 0 Å². The van der Waals surface area contributed by atoms with Crippen LogP contribution in [0.25, 0.3) is 0 Å². The number of rotatable bonds is 5. The molecule has 0 saturated carbocycles. The first-order chi connectivity index (χ1) is 10.2. The number of carbonyl (C=O) groups is 1. The van der Waals surface area contributed by atoms with Crippen molar-refractivity contribution in [3.63, 3.8) is 0 Å². The number of aryl methyl sites for hydroxylation is 2. The average molecular weight is 300 g/mol. The van der Waals surface area contributed by atoms with Gasteiger partial charge in [0, 0.05) is 35.5 Å². The lowest BCUT2D eigenvalue weighted by atomic mass is 10.2. The van der Waals surface area contributed by atoms with E-state index in [-0.39, 0.29) is 5.91 Å². The van der Waals surface area contributed by atoms with Crippen LogP contribution >= 0.6 is 11.3 Å². The Bertz CT molecular complexity index is 609. The molecular weight excluding hydrogens is 280 g/mol. The Hall–Kier alpha value is -1.65. The summed E-state index contributed by atoms with van der Waals surface area (Å²) in [7, 11) is 0. The zero-order chi connectivity index (χ0) is 14.7. The van der Waals surface area contributed by atoms with Crippen LogP contribution in [-0.2, 0) is 30.7 Å². The molecule has 1 amide bonds. The van der Waals surface area contributed by atoms with E-state index in [1.165, 1.54) is 36.6 Å². The van der Waals surface area contributed by atoms with Crippen LogP contribution in [0.15, 0.2) is 30.3 Å². The molecule has 0 atom stereocenters. The molecule has 2 N–H and O–H groups in total. The normalized spacial score (nSPS) is 13.2. The number of nitrogens with one attached hydrogen (secondary N) is 2. The third-order valence-corrected chi connectivity index (χ3v) is 4.94. The molecule has 1 aliphatic carbocycles. The first-order valence-corrected chi connectivity index (χ1v) is 8.20. The van der Waals surface area contributed by atoms with Gasteiger partial charge in [-0.25, -0.2) is 0 Å². The van der Waals surface area contributed by atoms with E-state index in [4.69, 9.17) is 0 Å². The molecule has 0 spiro atoms. The van der Waals surface area contributed by atoms with Crippen molar-refractivity contribution in [3.05, 3.63) is 51.2 Å².